The van der Waals surface area contributed by atoms with Crippen LogP contribution in [-0.4, -0.2) is 28.3 Å². The molecule has 76 valence electrons. The van der Waals surface area contributed by atoms with Crippen LogP contribution >= 0.6 is 15.9 Å². The van der Waals surface area contributed by atoms with Gasteiger partial charge < -0.3 is 4.90 Å². The summed E-state index contributed by atoms with van der Waals surface area (Å²) in [5, 5.41) is 4.60. The van der Waals surface area contributed by atoms with Crippen molar-refractivity contribution >= 4 is 15.9 Å². The normalized spacial score (nSPS) is 22.4. The molecule has 0 atom stereocenters. The smallest absolute Gasteiger partial charge is 0.131 e. The van der Waals surface area contributed by atoms with Crippen molar-refractivity contribution in [3.05, 3.63) is 15.9 Å². The Morgan fingerprint density at radius 2 is 2.21 bits per heavy atom. The Labute approximate surface area is 92.2 Å². The summed E-state index contributed by atoms with van der Waals surface area (Å²) in [7, 11) is 2.18. The highest BCUT2D eigenvalue weighted by Gasteiger charge is 2.31. The van der Waals surface area contributed by atoms with E-state index < -0.39 is 0 Å². The third-order valence-electron chi connectivity index (χ3n) is 3.13. The minimum atomic E-state index is 0.696. The highest BCUT2D eigenvalue weighted by Crippen LogP contribution is 2.38. The second-order valence-corrected chi connectivity index (χ2v) is 5.13. The maximum Gasteiger partial charge on any atom is 0.131 e. The molecular weight excluding hydrogens is 242 g/mol. The fourth-order valence-corrected chi connectivity index (χ4v) is 2.74. The van der Waals surface area contributed by atoms with Gasteiger partial charge >= 0.3 is 0 Å². The van der Waals surface area contributed by atoms with Gasteiger partial charge in [0, 0.05) is 18.7 Å². The summed E-state index contributed by atoms with van der Waals surface area (Å²) in [6.45, 7) is 2.21. The van der Waals surface area contributed by atoms with E-state index in [9.17, 15) is 0 Å². The Morgan fingerprint density at radius 3 is 2.93 bits per heavy atom. The lowest BCUT2D eigenvalue weighted by Gasteiger charge is -2.23. The molecule has 0 bridgehead atoms. The van der Waals surface area contributed by atoms with Gasteiger partial charge in [-0.1, -0.05) is 0 Å². The van der Waals surface area contributed by atoms with Gasteiger partial charge in [-0.05, 0) is 42.2 Å². The minimum absolute atomic E-state index is 0.696. The topological polar surface area (TPSA) is 21.1 Å². The van der Waals surface area contributed by atoms with Crippen molar-refractivity contribution in [1.29, 1.82) is 0 Å². The fraction of sp³-hybridized carbons (Fsp3) is 0.700. The van der Waals surface area contributed by atoms with Gasteiger partial charge in [0.15, 0.2) is 0 Å². The molecule has 0 radical (unpaired) electrons. The van der Waals surface area contributed by atoms with Crippen molar-refractivity contribution < 1.29 is 0 Å². The quantitative estimate of drug-likeness (QED) is 0.766. The van der Waals surface area contributed by atoms with Gasteiger partial charge in [0.25, 0.3) is 0 Å². The molecule has 3 nitrogen and oxygen atoms in total. The van der Waals surface area contributed by atoms with Crippen LogP contribution in [0.3, 0.4) is 0 Å². The van der Waals surface area contributed by atoms with Crippen LogP contribution in [0, 0.1) is 0 Å². The van der Waals surface area contributed by atoms with Crippen molar-refractivity contribution in [2.45, 2.75) is 31.8 Å². The van der Waals surface area contributed by atoms with Crippen LogP contribution in [0.1, 0.15) is 30.1 Å². The molecule has 1 saturated carbocycles. The first kappa shape index (κ1) is 8.92. The van der Waals surface area contributed by atoms with E-state index in [1.54, 1.807) is 0 Å². The van der Waals surface area contributed by atoms with Gasteiger partial charge in [-0.3, -0.25) is 4.68 Å². The summed E-state index contributed by atoms with van der Waals surface area (Å²) in [5.74, 6) is 0. The van der Waals surface area contributed by atoms with E-state index in [4.69, 9.17) is 0 Å². The number of hydrogen-bond acceptors (Lipinski definition) is 2. The Bertz CT molecular complexity index is 368. The summed E-state index contributed by atoms with van der Waals surface area (Å²) in [6.07, 6.45) is 3.76. The molecule has 0 unspecified atom stereocenters. The van der Waals surface area contributed by atoms with E-state index in [0.29, 0.717) is 6.04 Å². The van der Waals surface area contributed by atoms with Crippen LogP contribution in [0.4, 0.5) is 0 Å². The number of likely N-dealkylation sites (N-methyl/N-ethyl adjacent to an activating group) is 1. The average Bonchev–Trinajstić information content (AvgIpc) is 2.93. The molecule has 4 heteroatoms. The summed E-state index contributed by atoms with van der Waals surface area (Å²) in [6, 6.07) is 0.696. The van der Waals surface area contributed by atoms with Crippen LogP contribution in [-0.2, 0) is 13.0 Å². The standard InChI is InChI=1S/C10H14BrN3/c1-13-5-4-8-9(6-13)14(7-2-3-7)12-10(8)11/h7H,2-6H2,1H3. The lowest BCUT2D eigenvalue weighted by atomic mass is 10.1. The van der Waals surface area contributed by atoms with E-state index >= 15 is 0 Å². The first-order chi connectivity index (χ1) is 6.75. The molecule has 0 amide bonds. The highest BCUT2D eigenvalue weighted by molar-refractivity contribution is 9.10. The average molecular weight is 256 g/mol. The zero-order valence-electron chi connectivity index (χ0n) is 8.33. The Morgan fingerprint density at radius 1 is 1.43 bits per heavy atom. The van der Waals surface area contributed by atoms with Gasteiger partial charge in [0.1, 0.15) is 4.60 Å². The van der Waals surface area contributed by atoms with E-state index in [1.807, 2.05) is 0 Å². The van der Waals surface area contributed by atoms with E-state index in [1.165, 1.54) is 24.1 Å². The number of fused-ring (bicyclic) bond motifs is 1. The number of rotatable bonds is 1. The molecule has 1 aromatic rings. The zero-order chi connectivity index (χ0) is 9.71. The predicted molar refractivity (Wildman–Crippen MR) is 58.2 cm³/mol. The van der Waals surface area contributed by atoms with E-state index in [-0.39, 0.29) is 0 Å². The van der Waals surface area contributed by atoms with Crippen molar-refractivity contribution in [3.63, 3.8) is 0 Å². The first-order valence-electron chi connectivity index (χ1n) is 5.20. The summed E-state index contributed by atoms with van der Waals surface area (Å²) in [5.41, 5.74) is 2.88. The van der Waals surface area contributed by atoms with Crippen molar-refractivity contribution in [3.8, 4) is 0 Å². The van der Waals surface area contributed by atoms with Crippen LogP contribution in [0.5, 0.6) is 0 Å². The molecule has 0 N–H and O–H groups in total. The molecule has 0 saturated heterocycles. The maximum atomic E-state index is 4.60. The number of nitrogens with zero attached hydrogens (tertiary/aromatic N) is 3. The van der Waals surface area contributed by atoms with Gasteiger partial charge in [-0.15, -0.1) is 0 Å². The van der Waals surface area contributed by atoms with Crippen LogP contribution < -0.4 is 0 Å². The summed E-state index contributed by atoms with van der Waals surface area (Å²) >= 11 is 3.57. The van der Waals surface area contributed by atoms with Gasteiger partial charge in [0.2, 0.25) is 0 Å². The maximum absolute atomic E-state index is 4.60. The summed E-state index contributed by atoms with van der Waals surface area (Å²) in [4.78, 5) is 2.37. The monoisotopic (exact) mass is 255 g/mol. The molecule has 1 aromatic heterocycles. The van der Waals surface area contributed by atoms with Crippen LogP contribution in [0.2, 0.25) is 0 Å². The second-order valence-electron chi connectivity index (χ2n) is 4.38. The SMILES string of the molecule is CN1CCc2c(Br)nn(C3CC3)c2C1. The highest BCUT2D eigenvalue weighted by atomic mass is 79.9. The number of aromatic nitrogens is 2. The summed E-state index contributed by atoms with van der Waals surface area (Å²) < 4.78 is 3.32. The lowest BCUT2D eigenvalue weighted by molar-refractivity contribution is 0.300. The molecule has 14 heavy (non-hydrogen) atoms. The van der Waals surface area contributed by atoms with Gasteiger partial charge in [-0.25, -0.2) is 0 Å². The fourth-order valence-electron chi connectivity index (χ4n) is 2.15. The number of hydrogen-bond donors (Lipinski definition) is 0. The van der Waals surface area contributed by atoms with Crippen LogP contribution in [0.25, 0.3) is 0 Å². The van der Waals surface area contributed by atoms with Gasteiger partial charge in [0.05, 0.1) is 11.7 Å². The third-order valence-corrected chi connectivity index (χ3v) is 3.76. The molecule has 2 heterocycles. The third kappa shape index (κ3) is 1.32. The van der Waals surface area contributed by atoms with E-state index in [0.717, 1.165) is 24.1 Å². The largest absolute Gasteiger partial charge is 0.300 e. The molecule has 1 aliphatic carbocycles. The molecule has 1 aliphatic heterocycles. The molecule has 3 rings (SSSR count). The second kappa shape index (κ2) is 3.07. The Kier molecular flexibility index (Phi) is 1.96. The van der Waals surface area contributed by atoms with Crippen molar-refractivity contribution in [2.24, 2.45) is 0 Å². The number of halogens is 1. The minimum Gasteiger partial charge on any atom is -0.300 e. The molecular formula is C10H14BrN3. The van der Waals surface area contributed by atoms with Gasteiger partial charge in [-0.2, -0.15) is 5.10 Å². The van der Waals surface area contributed by atoms with E-state index in [2.05, 4.69) is 37.7 Å². The first-order valence-corrected chi connectivity index (χ1v) is 5.99. The van der Waals surface area contributed by atoms with Crippen molar-refractivity contribution in [2.75, 3.05) is 13.6 Å². The molecule has 0 spiro atoms. The van der Waals surface area contributed by atoms with Crippen LogP contribution in [0.15, 0.2) is 4.60 Å². The lowest BCUT2D eigenvalue weighted by Crippen LogP contribution is -2.27. The zero-order valence-corrected chi connectivity index (χ0v) is 9.92. The predicted octanol–water partition coefficient (Wildman–Crippen LogP) is 1.97. The Balaban J connectivity index is 2.05. The molecule has 0 aromatic carbocycles. The Hall–Kier alpha value is -0.350. The van der Waals surface area contributed by atoms with Crippen molar-refractivity contribution in [1.82, 2.24) is 14.7 Å². The molecule has 2 aliphatic rings. The molecule has 1 fully saturated rings.